The highest BCUT2D eigenvalue weighted by molar-refractivity contribution is 5.94. The van der Waals surface area contributed by atoms with Gasteiger partial charge in [-0.3, -0.25) is 0 Å². The molecule has 4 rings (SSSR count). The zero-order valence-electron chi connectivity index (χ0n) is 15.7. The Balaban J connectivity index is 1.44. The van der Waals surface area contributed by atoms with Crippen LogP contribution in [0.15, 0.2) is 34.5 Å². The van der Waals surface area contributed by atoms with E-state index in [1.54, 1.807) is 0 Å². The molecule has 1 aliphatic heterocycles. The Hall–Kier alpha value is -1.68. The van der Waals surface area contributed by atoms with Gasteiger partial charge in [0.2, 0.25) is 0 Å². The maximum atomic E-state index is 5.41. The molecule has 2 aliphatic carbocycles. The topological polar surface area (TPSA) is 37.2 Å². The molecule has 1 aromatic rings. The zero-order valence-corrected chi connectivity index (χ0v) is 15.7. The van der Waals surface area contributed by atoms with E-state index < -0.39 is 0 Å². The minimum absolute atomic E-state index is 0.231. The molecule has 1 aromatic carbocycles. The summed E-state index contributed by atoms with van der Waals surface area (Å²) >= 11 is 0. The second-order valence-corrected chi connectivity index (χ2v) is 8.48. The lowest BCUT2D eigenvalue weighted by atomic mass is 9.70. The molecule has 2 atom stereocenters. The van der Waals surface area contributed by atoms with Crippen LogP contribution in [0, 0.1) is 16.7 Å². The lowest BCUT2D eigenvalue weighted by Gasteiger charge is -2.34. The highest BCUT2D eigenvalue weighted by Crippen LogP contribution is 2.63. The monoisotopic (exact) mass is 339 g/mol. The number of rotatable bonds is 3. The van der Waals surface area contributed by atoms with Crippen LogP contribution in [0.4, 0.5) is 5.69 Å². The highest BCUT2D eigenvalue weighted by Gasteiger charge is 2.59. The molecule has 3 aliphatic rings. The van der Waals surface area contributed by atoms with Gasteiger partial charge < -0.3 is 9.64 Å². The highest BCUT2D eigenvalue weighted by atomic mass is 16.5. The largest absolute Gasteiger partial charge is 0.378 e. The average molecular weight is 339 g/mol. The predicted octanol–water partition coefficient (Wildman–Crippen LogP) is 4.14. The Bertz CT molecular complexity index is 686. The number of hydrogen-bond acceptors (Lipinski definition) is 4. The van der Waals surface area contributed by atoms with Gasteiger partial charge in [-0.2, -0.15) is 10.2 Å². The zero-order chi connectivity index (χ0) is 17.5. The molecule has 1 saturated heterocycles. The van der Waals surface area contributed by atoms with Crippen molar-refractivity contribution in [2.24, 2.45) is 27.0 Å². The molecule has 4 nitrogen and oxygen atoms in total. The maximum Gasteiger partial charge on any atom is 0.0642 e. The van der Waals surface area contributed by atoms with E-state index in [0.717, 1.165) is 44.2 Å². The minimum atomic E-state index is 0.231. The smallest absolute Gasteiger partial charge is 0.0642 e. The fourth-order valence-electron chi connectivity index (χ4n) is 4.84. The second kappa shape index (κ2) is 6.24. The average Bonchev–Trinajstić information content (AvgIpc) is 2.96. The van der Waals surface area contributed by atoms with E-state index in [4.69, 9.17) is 4.74 Å². The van der Waals surface area contributed by atoms with E-state index >= 15 is 0 Å². The maximum absolute atomic E-state index is 5.41. The van der Waals surface area contributed by atoms with Crippen molar-refractivity contribution >= 4 is 17.6 Å². The van der Waals surface area contributed by atoms with Gasteiger partial charge in [0.1, 0.15) is 0 Å². The number of morpholine rings is 1. The molecule has 3 fully saturated rings. The van der Waals surface area contributed by atoms with Crippen molar-refractivity contribution in [3.63, 3.8) is 0 Å². The van der Waals surface area contributed by atoms with Crippen molar-refractivity contribution in [3.05, 3.63) is 29.8 Å². The molecule has 0 radical (unpaired) electrons. The van der Waals surface area contributed by atoms with Crippen LogP contribution in [0.2, 0.25) is 0 Å². The molecule has 134 valence electrons. The third-order valence-corrected chi connectivity index (χ3v) is 7.17. The van der Waals surface area contributed by atoms with Gasteiger partial charge in [0.25, 0.3) is 0 Å². The molecular weight excluding hydrogens is 310 g/mol. The molecule has 0 amide bonds. The molecule has 2 saturated carbocycles. The molecule has 2 bridgehead atoms. The van der Waals surface area contributed by atoms with E-state index in [2.05, 4.69) is 60.1 Å². The number of nitrogens with zero attached hydrogens (tertiary/aromatic N) is 3. The van der Waals surface area contributed by atoms with Crippen LogP contribution in [-0.4, -0.2) is 38.2 Å². The van der Waals surface area contributed by atoms with Crippen molar-refractivity contribution in [2.45, 2.75) is 40.0 Å². The van der Waals surface area contributed by atoms with Crippen LogP contribution >= 0.6 is 0 Å². The van der Waals surface area contributed by atoms with Crippen LogP contribution in [-0.2, 0) is 4.74 Å². The third-order valence-electron chi connectivity index (χ3n) is 7.17. The van der Waals surface area contributed by atoms with Crippen LogP contribution < -0.4 is 4.90 Å². The van der Waals surface area contributed by atoms with Crippen molar-refractivity contribution < 1.29 is 4.74 Å². The molecule has 1 heterocycles. The van der Waals surface area contributed by atoms with E-state index in [0.29, 0.717) is 5.41 Å². The lowest BCUT2D eigenvalue weighted by molar-refractivity contribution is 0.122. The van der Waals surface area contributed by atoms with Gasteiger partial charge in [-0.15, -0.1) is 0 Å². The third kappa shape index (κ3) is 2.80. The van der Waals surface area contributed by atoms with Gasteiger partial charge in [0.15, 0.2) is 0 Å². The number of hydrogen-bond donors (Lipinski definition) is 0. The Kier molecular flexibility index (Phi) is 4.19. The Morgan fingerprint density at radius 2 is 1.84 bits per heavy atom. The molecule has 25 heavy (non-hydrogen) atoms. The first-order valence-electron chi connectivity index (χ1n) is 9.54. The Morgan fingerprint density at radius 1 is 1.12 bits per heavy atom. The first-order valence-corrected chi connectivity index (χ1v) is 9.54. The van der Waals surface area contributed by atoms with Gasteiger partial charge in [-0.05, 0) is 48.3 Å². The number of ether oxygens (including phenoxy) is 1. The Labute approximate surface area is 151 Å². The summed E-state index contributed by atoms with van der Waals surface area (Å²) in [6, 6.07) is 8.59. The molecule has 0 aromatic heterocycles. The normalized spacial score (nSPS) is 32.8. The first-order chi connectivity index (χ1) is 12.0. The predicted molar refractivity (Wildman–Crippen MR) is 104 cm³/mol. The van der Waals surface area contributed by atoms with Gasteiger partial charge in [0.05, 0.1) is 19.4 Å². The number of anilines is 1. The number of benzene rings is 1. The summed E-state index contributed by atoms with van der Waals surface area (Å²) in [5, 5.41) is 9.06. The summed E-state index contributed by atoms with van der Waals surface area (Å²) in [4.78, 5) is 2.36. The molecule has 0 spiro atoms. The standard InChI is InChI=1S/C21H29N3O/c1-20(2)17-8-9-21(20,3)19(14-17)23-22-15-16-4-6-18(7-5-16)24-10-12-25-13-11-24/h4-7,15,17H,8-14H2,1-3H3/b22-15-,23-19+/t17-,21+/m1/s1. The van der Waals surface area contributed by atoms with E-state index in [1.165, 1.54) is 24.2 Å². The summed E-state index contributed by atoms with van der Waals surface area (Å²) in [6.07, 6.45) is 5.61. The van der Waals surface area contributed by atoms with E-state index in [-0.39, 0.29) is 5.41 Å². The summed E-state index contributed by atoms with van der Waals surface area (Å²) in [6.45, 7) is 10.8. The van der Waals surface area contributed by atoms with Crippen LogP contribution in [0.5, 0.6) is 0 Å². The van der Waals surface area contributed by atoms with Crippen molar-refractivity contribution in [3.8, 4) is 0 Å². The summed E-state index contributed by atoms with van der Waals surface area (Å²) in [5.74, 6) is 0.777. The van der Waals surface area contributed by atoms with Crippen molar-refractivity contribution in [1.82, 2.24) is 0 Å². The molecule has 0 unspecified atom stereocenters. The fourth-order valence-corrected chi connectivity index (χ4v) is 4.84. The quantitative estimate of drug-likeness (QED) is 0.613. The Morgan fingerprint density at radius 3 is 2.44 bits per heavy atom. The lowest BCUT2D eigenvalue weighted by Crippen LogP contribution is -2.36. The first kappa shape index (κ1) is 16.8. The summed E-state index contributed by atoms with van der Waals surface area (Å²) in [7, 11) is 0. The van der Waals surface area contributed by atoms with Crippen LogP contribution in [0.25, 0.3) is 0 Å². The molecular formula is C21H29N3O. The molecule has 0 N–H and O–H groups in total. The fraction of sp³-hybridized carbons (Fsp3) is 0.619. The minimum Gasteiger partial charge on any atom is -0.378 e. The SMILES string of the molecule is CC1(C)[C@@H]2CC[C@@]1(C)/C(=N/N=C\c1ccc(N3CCOCC3)cc1)C2. The van der Waals surface area contributed by atoms with E-state index in [9.17, 15) is 0 Å². The van der Waals surface area contributed by atoms with E-state index in [1.807, 2.05) is 6.21 Å². The van der Waals surface area contributed by atoms with Gasteiger partial charge in [-0.1, -0.05) is 32.9 Å². The van der Waals surface area contributed by atoms with Crippen LogP contribution in [0.1, 0.15) is 45.6 Å². The summed E-state index contributed by atoms with van der Waals surface area (Å²) < 4.78 is 5.41. The second-order valence-electron chi connectivity index (χ2n) is 8.48. The van der Waals surface area contributed by atoms with Gasteiger partial charge in [-0.25, -0.2) is 0 Å². The van der Waals surface area contributed by atoms with Crippen molar-refractivity contribution in [2.75, 3.05) is 31.2 Å². The van der Waals surface area contributed by atoms with Crippen molar-refractivity contribution in [1.29, 1.82) is 0 Å². The van der Waals surface area contributed by atoms with Gasteiger partial charge >= 0.3 is 0 Å². The van der Waals surface area contributed by atoms with Gasteiger partial charge in [0, 0.05) is 29.9 Å². The molecule has 4 heteroatoms. The summed E-state index contributed by atoms with van der Waals surface area (Å²) in [5.41, 5.74) is 4.26. The number of fused-ring (bicyclic) bond motifs is 2. The van der Waals surface area contributed by atoms with Crippen LogP contribution in [0.3, 0.4) is 0 Å².